The van der Waals surface area contributed by atoms with Crippen LogP contribution in [0.3, 0.4) is 0 Å². The minimum atomic E-state index is -0.247. The van der Waals surface area contributed by atoms with E-state index in [1.807, 2.05) is 18.2 Å². The third-order valence-electron chi connectivity index (χ3n) is 4.29. The van der Waals surface area contributed by atoms with Crippen LogP contribution in [0.5, 0.6) is 5.75 Å². The minimum absolute atomic E-state index is 0.128. The molecule has 3 rings (SSSR count). The normalized spacial score (nSPS) is 13.7. The van der Waals surface area contributed by atoms with Gasteiger partial charge >= 0.3 is 0 Å². The van der Waals surface area contributed by atoms with Crippen LogP contribution < -0.4 is 14.5 Å². The van der Waals surface area contributed by atoms with Gasteiger partial charge in [0, 0.05) is 37.7 Å². The van der Waals surface area contributed by atoms with Crippen LogP contribution in [-0.2, 0) is 9.59 Å². The monoisotopic (exact) mass is 384 g/mol. The van der Waals surface area contributed by atoms with E-state index in [0.29, 0.717) is 10.8 Å². The molecule has 1 aliphatic heterocycles. The Labute approximate surface area is 162 Å². The van der Waals surface area contributed by atoms with Crippen molar-refractivity contribution in [3.63, 3.8) is 0 Å². The van der Waals surface area contributed by atoms with Gasteiger partial charge in [-0.2, -0.15) is 0 Å². The molecule has 0 saturated carbocycles. The number of aromatic nitrogens is 2. The highest BCUT2D eigenvalue weighted by Crippen LogP contribution is 2.38. The highest BCUT2D eigenvalue weighted by molar-refractivity contribution is 7.18. The lowest BCUT2D eigenvalue weighted by atomic mass is 10.1. The number of terminal acetylenes is 1. The lowest BCUT2D eigenvalue weighted by Gasteiger charge is -2.22. The Hall–Kier alpha value is -2.92. The van der Waals surface area contributed by atoms with E-state index in [2.05, 4.69) is 34.9 Å². The minimum Gasteiger partial charge on any atom is -0.480 e. The van der Waals surface area contributed by atoms with Crippen LogP contribution in [0.2, 0.25) is 0 Å². The molecule has 7 nitrogen and oxygen atoms in total. The van der Waals surface area contributed by atoms with Crippen LogP contribution in [0.25, 0.3) is 10.6 Å². The van der Waals surface area contributed by atoms with Crippen molar-refractivity contribution in [3.05, 3.63) is 18.2 Å². The maximum absolute atomic E-state index is 11.9. The smallest absolute Gasteiger partial charge is 0.236 e. The standard InChI is InChI=1S/C19H20N4O3S/c1-4-11-26-15-12-13(22(5-2)6-3)7-8-14(15)18-20-21-19(27-18)23-16(24)9-10-17(23)25/h1,7-8,12H,5-6,9-11H2,2-3H3. The molecular formula is C19H20N4O3S. The number of imide groups is 1. The molecule has 2 amide bonds. The Bertz CT molecular complexity index is 883. The van der Waals surface area contributed by atoms with E-state index < -0.39 is 0 Å². The summed E-state index contributed by atoms with van der Waals surface area (Å²) >= 11 is 1.18. The molecule has 2 heterocycles. The third kappa shape index (κ3) is 3.78. The van der Waals surface area contributed by atoms with Crippen LogP contribution in [0, 0.1) is 12.3 Å². The van der Waals surface area contributed by atoms with Crippen molar-refractivity contribution in [1.82, 2.24) is 10.2 Å². The number of benzene rings is 1. The predicted octanol–water partition coefficient (Wildman–Crippen LogP) is 2.72. The van der Waals surface area contributed by atoms with E-state index in [4.69, 9.17) is 11.2 Å². The van der Waals surface area contributed by atoms with Crippen LogP contribution in [0.15, 0.2) is 18.2 Å². The molecule has 0 N–H and O–H groups in total. The van der Waals surface area contributed by atoms with Gasteiger partial charge in [-0.1, -0.05) is 17.3 Å². The van der Waals surface area contributed by atoms with Gasteiger partial charge in [0.2, 0.25) is 16.9 Å². The van der Waals surface area contributed by atoms with Crippen molar-refractivity contribution in [2.45, 2.75) is 26.7 Å². The number of rotatable bonds is 7. The molecule has 2 aromatic rings. The van der Waals surface area contributed by atoms with E-state index in [9.17, 15) is 9.59 Å². The summed E-state index contributed by atoms with van der Waals surface area (Å²) in [6.45, 7) is 6.03. The molecule has 1 fully saturated rings. The molecule has 1 aromatic carbocycles. The fourth-order valence-electron chi connectivity index (χ4n) is 2.92. The average molecular weight is 384 g/mol. The molecule has 8 heteroatoms. The van der Waals surface area contributed by atoms with E-state index in [1.54, 1.807) is 0 Å². The summed E-state index contributed by atoms with van der Waals surface area (Å²) in [5.41, 5.74) is 1.74. The highest BCUT2D eigenvalue weighted by Gasteiger charge is 2.33. The average Bonchev–Trinajstić information content (AvgIpc) is 3.27. The first kappa shape index (κ1) is 18.9. The fourth-order valence-corrected chi connectivity index (χ4v) is 3.83. The van der Waals surface area contributed by atoms with E-state index >= 15 is 0 Å². The molecule has 0 spiro atoms. The third-order valence-corrected chi connectivity index (χ3v) is 5.23. The molecule has 0 unspecified atom stereocenters. The first-order valence-electron chi connectivity index (χ1n) is 8.73. The zero-order valence-corrected chi connectivity index (χ0v) is 16.1. The van der Waals surface area contributed by atoms with Gasteiger partial charge in [-0.3, -0.25) is 9.59 Å². The van der Waals surface area contributed by atoms with Gasteiger partial charge in [-0.15, -0.1) is 16.6 Å². The number of carbonyl (C=O) groups is 2. The maximum atomic E-state index is 11.9. The van der Waals surface area contributed by atoms with Crippen molar-refractivity contribution < 1.29 is 14.3 Å². The van der Waals surface area contributed by atoms with Crippen molar-refractivity contribution in [2.24, 2.45) is 0 Å². The second-order valence-electron chi connectivity index (χ2n) is 5.86. The van der Waals surface area contributed by atoms with Crippen LogP contribution in [0.1, 0.15) is 26.7 Å². The quantitative estimate of drug-likeness (QED) is 0.540. The van der Waals surface area contributed by atoms with Gasteiger partial charge in [-0.05, 0) is 26.0 Å². The first-order chi connectivity index (χ1) is 13.1. The van der Waals surface area contributed by atoms with Gasteiger partial charge in [0.1, 0.15) is 12.4 Å². The van der Waals surface area contributed by atoms with Crippen LogP contribution in [-0.4, -0.2) is 41.7 Å². The summed E-state index contributed by atoms with van der Waals surface area (Å²) in [4.78, 5) is 27.1. The zero-order chi connectivity index (χ0) is 19.4. The number of ether oxygens (including phenoxy) is 1. The lowest BCUT2D eigenvalue weighted by molar-refractivity contribution is -0.121. The van der Waals surface area contributed by atoms with Gasteiger partial charge in [0.25, 0.3) is 0 Å². The topological polar surface area (TPSA) is 75.6 Å². The fraction of sp³-hybridized carbons (Fsp3) is 0.368. The number of anilines is 2. The molecule has 1 saturated heterocycles. The summed E-state index contributed by atoms with van der Waals surface area (Å²) in [6.07, 6.45) is 5.76. The summed E-state index contributed by atoms with van der Waals surface area (Å²) in [6, 6.07) is 5.81. The summed E-state index contributed by atoms with van der Waals surface area (Å²) in [5.74, 6) is 2.57. The Morgan fingerprint density at radius 3 is 2.56 bits per heavy atom. The Kier molecular flexibility index (Phi) is 5.72. The molecule has 140 valence electrons. The highest BCUT2D eigenvalue weighted by atomic mass is 32.1. The molecule has 1 aliphatic rings. The van der Waals surface area contributed by atoms with Crippen LogP contribution >= 0.6 is 11.3 Å². The van der Waals surface area contributed by atoms with Gasteiger partial charge in [-0.25, -0.2) is 4.90 Å². The number of carbonyl (C=O) groups excluding carboxylic acids is 2. The van der Waals surface area contributed by atoms with Gasteiger partial charge in [0.05, 0.1) is 5.56 Å². The molecule has 1 aromatic heterocycles. The summed E-state index contributed by atoms with van der Waals surface area (Å²) in [7, 11) is 0. The first-order valence-corrected chi connectivity index (χ1v) is 9.55. The van der Waals surface area contributed by atoms with Gasteiger partial charge < -0.3 is 9.64 Å². The van der Waals surface area contributed by atoms with Crippen molar-refractivity contribution in [1.29, 1.82) is 0 Å². The van der Waals surface area contributed by atoms with E-state index in [-0.39, 0.29) is 36.4 Å². The number of hydrogen-bond acceptors (Lipinski definition) is 7. The van der Waals surface area contributed by atoms with Crippen LogP contribution in [0.4, 0.5) is 10.8 Å². The molecule has 0 atom stereocenters. The maximum Gasteiger partial charge on any atom is 0.236 e. The van der Waals surface area contributed by atoms with E-state index in [1.165, 1.54) is 11.3 Å². The number of amides is 2. The number of nitrogens with zero attached hydrogens (tertiary/aromatic N) is 4. The number of hydrogen-bond donors (Lipinski definition) is 0. The Morgan fingerprint density at radius 2 is 1.93 bits per heavy atom. The lowest BCUT2D eigenvalue weighted by Crippen LogP contribution is -2.28. The summed E-state index contributed by atoms with van der Waals surface area (Å²) < 4.78 is 5.73. The van der Waals surface area contributed by atoms with Crippen molar-refractivity contribution >= 4 is 34.0 Å². The predicted molar refractivity (Wildman–Crippen MR) is 105 cm³/mol. The second kappa shape index (κ2) is 8.18. The Balaban J connectivity index is 1.97. The second-order valence-corrected chi connectivity index (χ2v) is 6.81. The van der Waals surface area contributed by atoms with E-state index in [0.717, 1.165) is 29.2 Å². The van der Waals surface area contributed by atoms with Gasteiger partial charge in [0.15, 0.2) is 5.01 Å². The molecule has 0 radical (unpaired) electrons. The zero-order valence-electron chi connectivity index (χ0n) is 15.3. The Morgan fingerprint density at radius 1 is 1.22 bits per heavy atom. The SMILES string of the molecule is C#CCOc1cc(N(CC)CC)ccc1-c1nnc(N2C(=O)CCC2=O)s1. The molecule has 0 bridgehead atoms. The van der Waals surface area contributed by atoms with Crippen molar-refractivity contribution in [2.75, 3.05) is 29.5 Å². The molecule has 0 aliphatic carbocycles. The molecule has 27 heavy (non-hydrogen) atoms. The summed E-state index contributed by atoms with van der Waals surface area (Å²) in [5, 5.41) is 9.04. The van der Waals surface area contributed by atoms with Crippen molar-refractivity contribution in [3.8, 4) is 28.7 Å². The largest absolute Gasteiger partial charge is 0.480 e. The molecular weight excluding hydrogens is 364 g/mol.